The molecule has 0 aliphatic carbocycles. The van der Waals surface area contributed by atoms with Crippen LogP contribution in [0.15, 0.2) is 12.4 Å². The highest BCUT2D eigenvalue weighted by molar-refractivity contribution is 7.87. The van der Waals surface area contributed by atoms with Crippen LogP contribution in [0.1, 0.15) is 5.82 Å². The van der Waals surface area contributed by atoms with Gasteiger partial charge in [-0.15, -0.1) is 0 Å². The van der Waals surface area contributed by atoms with Gasteiger partial charge in [0.15, 0.2) is 0 Å². The molecule has 0 fully saturated rings. The molecule has 1 rings (SSSR count). The Bertz CT molecular complexity index is 366. The van der Waals surface area contributed by atoms with Gasteiger partial charge in [0.1, 0.15) is 5.82 Å². The molecular formula is C6H11N3O2S. The first-order valence-electron chi connectivity index (χ1n) is 3.39. The highest BCUT2D eigenvalue weighted by atomic mass is 32.2. The van der Waals surface area contributed by atoms with E-state index in [0.29, 0.717) is 5.82 Å². The third-order valence-electron chi connectivity index (χ3n) is 1.49. The van der Waals surface area contributed by atoms with Gasteiger partial charge < -0.3 is 0 Å². The summed E-state index contributed by atoms with van der Waals surface area (Å²) in [5.41, 5.74) is 0. The summed E-state index contributed by atoms with van der Waals surface area (Å²) in [4.78, 5) is 3.82. The topological polar surface area (TPSA) is 55.2 Å². The molecule has 6 heteroatoms. The Kier molecular flexibility index (Phi) is 2.20. The number of imidazole rings is 1. The Morgan fingerprint density at radius 3 is 2.42 bits per heavy atom. The highest BCUT2D eigenvalue weighted by Gasteiger charge is 2.17. The molecule has 0 N–H and O–H groups in total. The maximum atomic E-state index is 11.5. The van der Waals surface area contributed by atoms with Crippen molar-refractivity contribution >= 4 is 10.2 Å². The molecule has 12 heavy (non-hydrogen) atoms. The summed E-state index contributed by atoms with van der Waals surface area (Å²) in [7, 11) is -0.415. The molecule has 0 saturated heterocycles. The van der Waals surface area contributed by atoms with Crippen LogP contribution < -0.4 is 0 Å². The standard InChI is InChI=1S/C6H11N3O2S/c1-6-7-4-5-9(6)12(10,11)8(2)3/h4-5H,1-3H3. The molecule has 1 aromatic heterocycles. The van der Waals surface area contributed by atoms with Crippen molar-refractivity contribution in [2.75, 3.05) is 14.1 Å². The minimum atomic E-state index is -3.38. The van der Waals surface area contributed by atoms with E-state index in [1.54, 1.807) is 6.92 Å². The molecule has 0 aromatic carbocycles. The van der Waals surface area contributed by atoms with Crippen molar-refractivity contribution in [3.05, 3.63) is 18.2 Å². The van der Waals surface area contributed by atoms with Crippen LogP contribution >= 0.6 is 0 Å². The van der Waals surface area contributed by atoms with Crippen LogP contribution in [0.5, 0.6) is 0 Å². The van der Waals surface area contributed by atoms with E-state index in [9.17, 15) is 8.42 Å². The maximum Gasteiger partial charge on any atom is 0.308 e. The van der Waals surface area contributed by atoms with Crippen LogP contribution in [0.25, 0.3) is 0 Å². The molecule has 0 unspecified atom stereocenters. The number of aromatic nitrogens is 2. The summed E-state index contributed by atoms with van der Waals surface area (Å²) in [5.74, 6) is 0.462. The van der Waals surface area contributed by atoms with Gasteiger partial charge >= 0.3 is 10.2 Å². The fraction of sp³-hybridized carbons (Fsp3) is 0.500. The van der Waals surface area contributed by atoms with Crippen LogP contribution in [0, 0.1) is 6.92 Å². The maximum absolute atomic E-state index is 11.5. The zero-order valence-corrected chi connectivity index (χ0v) is 8.04. The second-order valence-corrected chi connectivity index (χ2v) is 4.58. The zero-order valence-electron chi connectivity index (χ0n) is 7.22. The van der Waals surface area contributed by atoms with Gasteiger partial charge in [0, 0.05) is 26.5 Å². The van der Waals surface area contributed by atoms with E-state index in [4.69, 9.17) is 0 Å². The van der Waals surface area contributed by atoms with Crippen LogP contribution in [0.4, 0.5) is 0 Å². The first-order valence-corrected chi connectivity index (χ1v) is 4.79. The van der Waals surface area contributed by atoms with E-state index in [-0.39, 0.29) is 0 Å². The predicted octanol–water partition coefficient (Wildman–Crippen LogP) is -0.154. The van der Waals surface area contributed by atoms with Gasteiger partial charge in [-0.25, -0.2) is 8.96 Å². The summed E-state index contributed by atoms with van der Waals surface area (Å²) in [6, 6.07) is 0. The number of nitrogens with zero attached hydrogens (tertiary/aromatic N) is 3. The summed E-state index contributed by atoms with van der Waals surface area (Å²) >= 11 is 0. The Hall–Kier alpha value is -0.880. The van der Waals surface area contributed by atoms with Crippen LogP contribution in [0.3, 0.4) is 0 Å². The molecule has 0 bridgehead atoms. The van der Waals surface area contributed by atoms with E-state index < -0.39 is 10.2 Å². The lowest BCUT2D eigenvalue weighted by Gasteiger charge is -2.12. The Morgan fingerprint density at radius 1 is 1.50 bits per heavy atom. The molecule has 0 saturated carbocycles. The average molecular weight is 189 g/mol. The van der Waals surface area contributed by atoms with Crippen LogP contribution in [-0.2, 0) is 10.2 Å². The van der Waals surface area contributed by atoms with Crippen molar-refractivity contribution in [1.82, 2.24) is 13.3 Å². The first-order chi connectivity index (χ1) is 5.46. The van der Waals surface area contributed by atoms with E-state index >= 15 is 0 Å². The molecule has 0 spiro atoms. The fourth-order valence-corrected chi connectivity index (χ4v) is 1.73. The SMILES string of the molecule is Cc1nccn1S(=O)(=O)N(C)C. The van der Waals surface area contributed by atoms with Crippen LogP contribution in [0.2, 0.25) is 0 Å². The Morgan fingerprint density at radius 2 is 2.08 bits per heavy atom. The third-order valence-corrected chi connectivity index (χ3v) is 3.30. The van der Waals surface area contributed by atoms with Gasteiger partial charge in [0.2, 0.25) is 0 Å². The molecule has 0 aliphatic rings. The number of rotatable bonds is 2. The van der Waals surface area contributed by atoms with E-state index in [1.165, 1.54) is 26.5 Å². The molecule has 0 amide bonds. The Balaban J connectivity index is 3.24. The van der Waals surface area contributed by atoms with Crippen molar-refractivity contribution < 1.29 is 8.42 Å². The Labute approximate surface area is 71.8 Å². The van der Waals surface area contributed by atoms with Gasteiger partial charge in [-0.3, -0.25) is 0 Å². The van der Waals surface area contributed by atoms with E-state index in [1.807, 2.05) is 0 Å². The van der Waals surface area contributed by atoms with E-state index in [2.05, 4.69) is 4.98 Å². The molecule has 1 aromatic rings. The zero-order chi connectivity index (χ0) is 9.35. The van der Waals surface area contributed by atoms with Gasteiger partial charge in [-0.2, -0.15) is 12.7 Å². The summed E-state index contributed by atoms with van der Waals surface area (Å²) in [6.07, 6.45) is 2.88. The lowest BCUT2D eigenvalue weighted by molar-refractivity contribution is 0.509. The minimum absolute atomic E-state index is 0.462. The fourth-order valence-electron chi connectivity index (χ4n) is 0.786. The van der Waals surface area contributed by atoms with Crippen molar-refractivity contribution in [3.63, 3.8) is 0 Å². The van der Waals surface area contributed by atoms with Crippen molar-refractivity contribution in [3.8, 4) is 0 Å². The molecular weight excluding hydrogens is 178 g/mol. The molecule has 0 radical (unpaired) electrons. The molecule has 0 aliphatic heterocycles. The van der Waals surface area contributed by atoms with Gasteiger partial charge in [-0.05, 0) is 6.92 Å². The number of hydrogen-bond donors (Lipinski definition) is 0. The van der Waals surface area contributed by atoms with Gasteiger partial charge in [0.05, 0.1) is 0 Å². The summed E-state index contributed by atoms with van der Waals surface area (Å²) < 4.78 is 25.2. The lowest BCUT2D eigenvalue weighted by Crippen LogP contribution is -2.29. The second kappa shape index (κ2) is 2.87. The third kappa shape index (κ3) is 1.35. The molecule has 5 nitrogen and oxygen atoms in total. The summed E-state index contributed by atoms with van der Waals surface area (Å²) in [6.45, 7) is 1.64. The van der Waals surface area contributed by atoms with Crippen LogP contribution in [-0.4, -0.2) is 35.8 Å². The molecule has 0 atom stereocenters. The average Bonchev–Trinajstić information content (AvgIpc) is 2.35. The van der Waals surface area contributed by atoms with Gasteiger partial charge in [-0.1, -0.05) is 0 Å². The van der Waals surface area contributed by atoms with Crippen molar-refractivity contribution in [2.24, 2.45) is 0 Å². The van der Waals surface area contributed by atoms with Crippen molar-refractivity contribution in [1.29, 1.82) is 0 Å². The van der Waals surface area contributed by atoms with Gasteiger partial charge in [0.25, 0.3) is 0 Å². The monoisotopic (exact) mass is 189 g/mol. The second-order valence-electron chi connectivity index (χ2n) is 2.56. The summed E-state index contributed by atoms with van der Waals surface area (Å²) in [5, 5.41) is 0. The number of aryl methyl sites for hydroxylation is 1. The quantitative estimate of drug-likeness (QED) is 0.650. The minimum Gasteiger partial charge on any atom is -0.241 e. The smallest absolute Gasteiger partial charge is 0.241 e. The lowest BCUT2D eigenvalue weighted by atomic mass is 10.8. The van der Waals surface area contributed by atoms with E-state index in [0.717, 1.165) is 8.28 Å². The molecule has 68 valence electrons. The van der Waals surface area contributed by atoms with Crippen molar-refractivity contribution in [2.45, 2.75) is 6.92 Å². The largest absolute Gasteiger partial charge is 0.308 e. The number of hydrogen-bond acceptors (Lipinski definition) is 3. The highest BCUT2D eigenvalue weighted by Crippen LogP contribution is 2.03. The predicted molar refractivity (Wildman–Crippen MR) is 45.0 cm³/mol. The molecule has 1 heterocycles. The normalized spacial score (nSPS) is 12.3. The first kappa shape index (κ1) is 9.21.